The SMILES string of the molecule is CCCCCCCCNn1c2ccccc2c2c1ccc1c3ccccc3n(C(N)CCCCCCC)c12. The van der Waals surface area contributed by atoms with Gasteiger partial charge in [0.25, 0.3) is 0 Å². The van der Waals surface area contributed by atoms with Gasteiger partial charge in [0, 0.05) is 28.1 Å². The van der Waals surface area contributed by atoms with Crippen molar-refractivity contribution in [1.29, 1.82) is 0 Å². The molecule has 4 nitrogen and oxygen atoms in total. The number of rotatable bonds is 15. The lowest BCUT2D eigenvalue weighted by molar-refractivity contribution is 0.471. The number of nitrogens with one attached hydrogen (secondary N) is 1. The lowest BCUT2D eigenvalue weighted by atomic mass is 10.1. The molecule has 4 heteroatoms. The maximum Gasteiger partial charge on any atom is 0.0821 e. The molecule has 0 fully saturated rings. The molecule has 0 saturated carbocycles. The van der Waals surface area contributed by atoms with Crippen LogP contribution in [0.4, 0.5) is 0 Å². The summed E-state index contributed by atoms with van der Waals surface area (Å²) in [5.41, 5.74) is 15.8. The number of aromatic nitrogens is 2. The first-order valence-corrected chi connectivity index (χ1v) is 15.2. The zero-order valence-corrected chi connectivity index (χ0v) is 23.5. The Kier molecular flexibility index (Phi) is 8.90. The Bertz CT molecular complexity index is 1470. The van der Waals surface area contributed by atoms with Crippen LogP contribution in [0.15, 0.2) is 60.7 Å². The molecule has 0 aliphatic heterocycles. The van der Waals surface area contributed by atoms with Gasteiger partial charge in [-0.1, -0.05) is 121 Å². The Labute approximate surface area is 228 Å². The van der Waals surface area contributed by atoms with Gasteiger partial charge in [-0.05, 0) is 31.0 Å². The van der Waals surface area contributed by atoms with E-state index < -0.39 is 0 Å². The predicted octanol–water partition coefficient (Wildman–Crippen LogP) is 9.62. The summed E-state index contributed by atoms with van der Waals surface area (Å²) in [5, 5.41) is 5.20. The molecule has 2 aromatic heterocycles. The highest BCUT2D eigenvalue weighted by atomic mass is 15.4. The van der Waals surface area contributed by atoms with Crippen molar-refractivity contribution in [3.05, 3.63) is 60.7 Å². The molecule has 2 heterocycles. The average molecular weight is 511 g/mol. The number of nitrogens with two attached hydrogens (primary N) is 1. The molecule has 0 amide bonds. The summed E-state index contributed by atoms with van der Waals surface area (Å²) >= 11 is 0. The van der Waals surface area contributed by atoms with E-state index in [-0.39, 0.29) is 6.17 Å². The Hall–Kier alpha value is -2.98. The summed E-state index contributed by atoms with van der Waals surface area (Å²) in [6.07, 6.45) is 15.1. The summed E-state index contributed by atoms with van der Waals surface area (Å²) in [6.45, 7) is 5.53. The van der Waals surface area contributed by atoms with Gasteiger partial charge in [-0.3, -0.25) is 4.68 Å². The number of hydrogen-bond acceptors (Lipinski definition) is 2. The first kappa shape index (κ1) is 26.6. The van der Waals surface area contributed by atoms with Crippen LogP contribution < -0.4 is 11.2 Å². The number of benzene rings is 3. The Morgan fingerprint density at radius 1 is 0.632 bits per heavy atom. The summed E-state index contributed by atoms with van der Waals surface area (Å²) in [4.78, 5) is 0. The van der Waals surface area contributed by atoms with E-state index in [4.69, 9.17) is 5.73 Å². The van der Waals surface area contributed by atoms with Crippen molar-refractivity contribution in [2.45, 2.75) is 97.1 Å². The molecule has 38 heavy (non-hydrogen) atoms. The standard InChI is InChI=1S/C34H46N4/c1-3-5-7-9-11-17-25-36-38-30-21-16-14-19-28(30)33-31(38)24-23-27-26-18-13-15-20-29(26)37(34(27)33)32(35)22-12-10-8-6-4-2/h13-16,18-21,23-24,32,36H,3-12,17,22,25,35H2,1-2H3. The summed E-state index contributed by atoms with van der Waals surface area (Å²) < 4.78 is 4.77. The number of nitrogens with zero attached hydrogens (tertiary/aromatic N) is 2. The zero-order valence-electron chi connectivity index (χ0n) is 23.5. The minimum atomic E-state index is -0.0391. The van der Waals surface area contributed by atoms with Crippen LogP contribution in [0.25, 0.3) is 43.6 Å². The highest BCUT2D eigenvalue weighted by Gasteiger charge is 2.21. The lowest BCUT2D eigenvalue weighted by Gasteiger charge is -2.18. The summed E-state index contributed by atoms with van der Waals surface area (Å²) in [7, 11) is 0. The van der Waals surface area contributed by atoms with Crippen molar-refractivity contribution in [3.63, 3.8) is 0 Å². The van der Waals surface area contributed by atoms with Gasteiger partial charge >= 0.3 is 0 Å². The molecule has 202 valence electrons. The van der Waals surface area contributed by atoms with E-state index in [9.17, 15) is 0 Å². The van der Waals surface area contributed by atoms with Crippen molar-refractivity contribution in [2.24, 2.45) is 5.73 Å². The lowest BCUT2D eigenvalue weighted by Crippen LogP contribution is -2.18. The van der Waals surface area contributed by atoms with E-state index >= 15 is 0 Å². The van der Waals surface area contributed by atoms with Crippen LogP contribution in [0.1, 0.15) is 97.1 Å². The van der Waals surface area contributed by atoms with Gasteiger partial charge in [-0.15, -0.1) is 0 Å². The van der Waals surface area contributed by atoms with Gasteiger partial charge in [0.1, 0.15) is 0 Å². The molecule has 3 aromatic carbocycles. The average Bonchev–Trinajstić information content (AvgIpc) is 3.45. The topological polar surface area (TPSA) is 47.9 Å². The number of hydrogen-bond donors (Lipinski definition) is 2. The quantitative estimate of drug-likeness (QED) is 0.138. The fourth-order valence-electron chi connectivity index (χ4n) is 6.24. The largest absolute Gasteiger partial charge is 0.325 e. The summed E-state index contributed by atoms with van der Waals surface area (Å²) in [6, 6.07) is 22.3. The van der Waals surface area contributed by atoms with Gasteiger partial charge in [-0.25, -0.2) is 0 Å². The number of unbranched alkanes of at least 4 members (excludes halogenated alkanes) is 9. The number of fused-ring (bicyclic) bond motifs is 7. The molecule has 0 radical (unpaired) electrons. The Morgan fingerprint density at radius 3 is 2.03 bits per heavy atom. The van der Waals surface area contributed by atoms with E-state index in [2.05, 4.69) is 89.2 Å². The normalized spacial score (nSPS) is 12.8. The van der Waals surface area contributed by atoms with Crippen LogP contribution >= 0.6 is 0 Å². The van der Waals surface area contributed by atoms with E-state index in [1.54, 1.807) is 0 Å². The van der Waals surface area contributed by atoms with Crippen molar-refractivity contribution < 1.29 is 0 Å². The van der Waals surface area contributed by atoms with E-state index in [0.717, 1.165) is 13.0 Å². The Morgan fingerprint density at radius 2 is 1.26 bits per heavy atom. The molecule has 5 aromatic rings. The number of para-hydroxylation sites is 2. The van der Waals surface area contributed by atoms with Gasteiger partial charge in [0.05, 0.1) is 28.2 Å². The van der Waals surface area contributed by atoms with Gasteiger partial charge in [0.15, 0.2) is 0 Å². The zero-order chi connectivity index (χ0) is 26.3. The molecule has 0 saturated heterocycles. The molecule has 0 bridgehead atoms. The smallest absolute Gasteiger partial charge is 0.0821 e. The first-order valence-electron chi connectivity index (χ1n) is 15.2. The fourth-order valence-corrected chi connectivity index (χ4v) is 6.24. The van der Waals surface area contributed by atoms with Crippen LogP contribution in [0.2, 0.25) is 0 Å². The molecule has 0 aliphatic carbocycles. The first-order chi connectivity index (χ1) is 18.8. The third kappa shape index (κ3) is 5.29. The minimum absolute atomic E-state index is 0.0391. The van der Waals surface area contributed by atoms with E-state index in [0.29, 0.717) is 0 Å². The highest BCUT2D eigenvalue weighted by molar-refractivity contribution is 6.25. The molecule has 0 spiro atoms. The van der Waals surface area contributed by atoms with Crippen LogP contribution in [0.5, 0.6) is 0 Å². The minimum Gasteiger partial charge on any atom is -0.325 e. The second kappa shape index (κ2) is 12.7. The molecule has 0 aliphatic rings. The maximum atomic E-state index is 7.02. The Balaban J connectivity index is 1.55. The van der Waals surface area contributed by atoms with Crippen LogP contribution in [-0.2, 0) is 0 Å². The highest BCUT2D eigenvalue weighted by Crippen LogP contribution is 2.40. The summed E-state index contributed by atoms with van der Waals surface area (Å²) in [5.74, 6) is 0. The third-order valence-corrected chi connectivity index (χ3v) is 8.24. The molecular weight excluding hydrogens is 464 g/mol. The van der Waals surface area contributed by atoms with Gasteiger partial charge < -0.3 is 15.7 Å². The van der Waals surface area contributed by atoms with Crippen LogP contribution in [0, 0.1) is 0 Å². The van der Waals surface area contributed by atoms with E-state index in [1.165, 1.54) is 114 Å². The molecular formula is C34H46N4. The van der Waals surface area contributed by atoms with Crippen LogP contribution in [0.3, 0.4) is 0 Å². The second-order valence-electron chi connectivity index (χ2n) is 11.0. The molecule has 5 rings (SSSR count). The van der Waals surface area contributed by atoms with Crippen molar-refractivity contribution in [3.8, 4) is 0 Å². The second-order valence-corrected chi connectivity index (χ2v) is 11.0. The monoisotopic (exact) mass is 510 g/mol. The predicted molar refractivity (Wildman–Crippen MR) is 167 cm³/mol. The fraction of sp³-hybridized carbons (Fsp3) is 0.471. The molecule has 1 unspecified atom stereocenters. The third-order valence-electron chi connectivity index (χ3n) is 8.24. The van der Waals surface area contributed by atoms with Crippen molar-refractivity contribution >= 4 is 43.6 Å². The maximum absolute atomic E-state index is 7.02. The van der Waals surface area contributed by atoms with Gasteiger partial charge in [0.2, 0.25) is 0 Å². The molecule has 3 N–H and O–H groups in total. The molecule has 1 atom stereocenters. The van der Waals surface area contributed by atoms with Gasteiger partial charge in [-0.2, -0.15) is 0 Å². The van der Waals surface area contributed by atoms with Crippen molar-refractivity contribution in [2.75, 3.05) is 12.0 Å². The van der Waals surface area contributed by atoms with Crippen molar-refractivity contribution in [1.82, 2.24) is 9.24 Å². The van der Waals surface area contributed by atoms with E-state index in [1.807, 2.05) is 0 Å². The van der Waals surface area contributed by atoms with Crippen LogP contribution in [-0.4, -0.2) is 15.8 Å².